The molecular formula is C25H23ClN4O4. The summed E-state index contributed by atoms with van der Waals surface area (Å²) in [5.41, 5.74) is 2.51. The maximum atomic E-state index is 13.0. The van der Waals surface area contributed by atoms with E-state index in [4.69, 9.17) is 11.6 Å². The van der Waals surface area contributed by atoms with Gasteiger partial charge >= 0.3 is 0 Å². The van der Waals surface area contributed by atoms with E-state index in [2.05, 4.69) is 10.2 Å². The van der Waals surface area contributed by atoms with Gasteiger partial charge in [0.25, 0.3) is 17.5 Å². The van der Waals surface area contributed by atoms with Crippen molar-refractivity contribution < 1.29 is 14.5 Å². The van der Waals surface area contributed by atoms with Crippen molar-refractivity contribution in [3.8, 4) is 0 Å². The molecule has 9 heteroatoms. The molecule has 0 unspecified atom stereocenters. The van der Waals surface area contributed by atoms with Crippen molar-refractivity contribution in [2.75, 3.05) is 36.4 Å². The Morgan fingerprint density at radius 3 is 2.29 bits per heavy atom. The van der Waals surface area contributed by atoms with Crippen molar-refractivity contribution >= 4 is 40.5 Å². The molecule has 1 aliphatic heterocycles. The van der Waals surface area contributed by atoms with E-state index < -0.39 is 10.8 Å². The molecule has 1 aliphatic rings. The maximum Gasteiger partial charge on any atom is 0.273 e. The van der Waals surface area contributed by atoms with Gasteiger partial charge in [0.1, 0.15) is 0 Å². The van der Waals surface area contributed by atoms with Crippen LogP contribution in [0.1, 0.15) is 26.3 Å². The molecule has 3 aromatic carbocycles. The summed E-state index contributed by atoms with van der Waals surface area (Å²) in [5.74, 6) is -0.454. The molecule has 0 spiro atoms. The van der Waals surface area contributed by atoms with Crippen molar-refractivity contribution in [1.82, 2.24) is 4.90 Å². The number of rotatable bonds is 5. The Bertz CT molecular complexity index is 1240. The summed E-state index contributed by atoms with van der Waals surface area (Å²) in [6.45, 7) is 3.83. The van der Waals surface area contributed by atoms with Gasteiger partial charge in [-0.25, -0.2) is 0 Å². The zero-order valence-corrected chi connectivity index (χ0v) is 19.3. The monoisotopic (exact) mass is 478 g/mol. The molecule has 0 aliphatic carbocycles. The average molecular weight is 479 g/mol. The fourth-order valence-corrected chi connectivity index (χ4v) is 4.16. The number of nitro benzene ring substituents is 1. The highest BCUT2D eigenvalue weighted by atomic mass is 35.5. The molecule has 1 saturated heterocycles. The molecule has 174 valence electrons. The first kappa shape index (κ1) is 23.3. The maximum absolute atomic E-state index is 13.0. The minimum atomic E-state index is -0.495. The van der Waals surface area contributed by atoms with Gasteiger partial charge in [-0.1, -0.05) is 29.8 Å². The van der Waals surface area contributed by atoms with Crippen LogP contribution in [0.3, 0.4) is 0 Å². The molecule has 0 aromatic heterocycles. The minimum absolute atomic E-state index is 0.0425. The number of carbonyl (C=O) groups is 2. The molecule has 1 heterocycles. The number of piperazine rings is 1. The quantitative estimate of drug-likeness (QED) is 0.421. The van der Waals surface area contributed by atoms with Crippen molar-refractivity contribution in [3.05, 3.63) is 98.6 Å². The van der Waals surface area contributed by atoms with E-state index in [0.717, 1.165) is 5.69 Å². The minimum Gasteiger partial charge on any atom is -0.366 e. The van der Waals surface area contributed by atoms with Crippen LogP contribution in [0.5, 0.6) is 0 Å². The summed E-state index contributed by atoms with van der Waals surface area (Å²) < 4.78 is 0. The Hall–Kier alpha value is -3.91. The second-order valence-corrected chi connectivity index (χ2v) is 8.40. The first-order valence-corrected chi connectivity index (χ1v) is 11.2. The molecule has 34 heavy (non-hydrogen) atoms. The molecule has 0 atom stereocenters. The van der Waals surface area contributed by atoms with Crippen LogP contribution in [-0.2, 0) is 0 Å². The highest BCUT2D eigenvalue weighted by Crippen LogP contribution is 2.29. The van der Waals surface area contributed by atoms with Crippen LogP contribution in [0.15, 0.2) is 66.7 Å². The first-order chi connectivity index (χ1) is 16.3. The topological polar surface area (TPSA) is 95.8 Å². The van der Waals surface area contributed by atoms with Gasteiger partial charge in [0.15, 0.2) is 0 Å². The van der Waals surface area contributed by atoms with E-state index in [1.165, 1.54) is 12.1 Å². The summed E-state index contributed by atoms with van der Waals surface area (Å²) in [7, 11) is 0. The van der Waals surface area contributed by atoms with Crippen molar-refractivity contribution in [2.24, 2.45) is 0 Å². The number of halogens is 1. The van der Waals surface area contributed by atoms with Crippen molar-refractivity contribution in [2.45, 2.75) is 6.92 Å². The molecule has 1 N–H and O–H groups in total. The van der Waals surface area contributed by atoms with Gasteiger partial charge in [0.2, 0.25) is 0 Å². The summed E-state index contributed by atoms with van der Waals surface area (Å²) in [6.07, 6.45) is 0. The zero-order valence-electron chi connectivity index (χ0n) is 18.5. The lowest BCUT2D eigenvalue weighted by atomic mass is 10.1. The zero-order chi connectivity index (χ0) is 24.2. The van der Waals surface area contributed by atoms with Crippen LogP contribution in [0.4, 0.5) is 17.1 Å². The Labute approximate surface area is 201 Å². The van der Waals surface area contributed by atoms with Gasteiger partial charge in [-0.3, -0.25) is 19.7 Å². The molecular weight excluding hydrogens is 456 g/mol. The third kappa shape index (κ3) is 4.87. The Kier molecular flexibility index (Phi) is 6.79. The highest BCUT2D eigenvalue weighted by molar-refractivity contribution is 6.30. The van der Waals surface area contributed by atoms with Gasteiger partial charge in [-0.05, 0) is 49.4 Å². The van der Waals surface area contributed by atoms with Crippen molar-refractivity contribution in [1.29, 1.82) is 0 Å². The molecule has 0 saturated carbocycles. The van der Waals surface area contributed by atoms with Crippen molar-refractivity contribution in [3.63, 3.8) is 0 Å². The third-order valence-electron chi connectivity index (χ3n) is 5.90. The van der Waals surface area contributed by atoms with Crippen LogP contribution in [0.2, 0.25) is 5.02 Å². The van der Waals surface area contributed by atoms with E-state index in [-0.39, 0.29) is 17.2 Å². The predicted molar refractivity (Wildman–Crippen MR) is 132 cm³/mol. The lowest BCUT2D eigenvalue weighted by Gasteiger charge is -2.37. The van der Waals surface area contributed by atoms with Gasteiger partial charge in [-0.2, -0.15) is 0 Å². The summed E-state index contributed by atoms with van der Waals surface area (Å²) in [4.78, 5) is 40.4. The molecule has 0 bridgehead atoms. The number of nitrogens with one attached hydrogen (secondary N) is 1. The van der Waals surface area contributed by atoms with Crippen LogP contribution in [0.25, 0.3) is 0 Å². The number of carbonyl (C=O) groups excluding carboxylic acids is 2. The number of nitro groups is 1. The molecule has 8 nitrogen and oxygen atoms in total. The van der Waals surface area contributed by atoms with Gasteiger partial charge < -0.3 is 15.1 Å². The highest BCUT2D eigenvalue weighted by Gasteiger charge is 2.24. The number of benzene rings is 3. The van der Waals surface area contributed by atoms with E-state index >= 15 is 0 Å². The summed E-state index contributed by atoms with van der Waals surface area (Å²) >= 11 is 5.92. The van der Waals surface area contributed by atoms with E-state index in [1.807, 2.05) is 18.2 Å². The fraction of sp³-hybridized carbons (Fsp3) is 0.200. The number of para-hydroxylation sites is 2. The fourth-order valence-electron chi connectivity index (χ4n) is 4.04. The molecule has 3 aromatic rings. The lowest BCUT2D eigenvalue weighted by Crippen LogP contribution is -2.49. The smallest absolute Gasteiger partial charge is 0.273 e. The van der Waals surface area contributed by atoms with Crippen LogP contribution in [-0.4, -0.2) is 47.8 Å². The molecule has 1 fully saturated rings. The standard InChI is InChI=1S/C25H23ClN4O4/c1-17-20(5-4-8-22(17)30(33)34)24(31)27-21-6-2-3-7-23(21)28-13-15-29(16-14-28)25(32)18-9-11-19(26)12-10-18/h2-12H,13-16H2,1H3,(H,27,31). The number of amides is 2. The SMILES string of the molecule is Cc1c(C(=O)Nc2ccccc2N2CCN(C(=O)c3ccc(Cl)cc3)CC2)cccc1[N+](=O)[O-]. The van der Waals surface area contributed by atoms with Crippen LogP contribution >= 0.6 is 11.6 Å². The van der Waals surface area contributed by atoms with E-state index in [0.29, 0.717) is 48.0 Å². The second kappa shape index (κ2) is 9.93. The summed E-state index contributed by atoms with van der Waals surface area (Å²) in [5, 5.41) is 14.7. The molecule has 4 rings (SSSR count). The van der Waals surface area contributed by atoms with Gasteiger partial charge in [-0.15, -0.1) is 0 Å². The molecule has 2 amide bonds. The normalized spacial score (nSPS) is 13.5. The number of anilines is 2. The number of nitrogens with zero attached hydrogens (tertiary/aromatic N) is 3. The van der Waals surface area contributed by atoms with E-state index in [9.17, 15) is 19.7 Å². The van der Waals surface area contributed by atoms with Crippen LogP contribution < -0.4 is 10.2 Å². The lowest BCUT2D eigenvalue weighted by molar-refractivity contribution is -0.385. The predicted octanol–water partition coefficient (Wildman–Crippen LogP) is 4.77. The van der Waals surface area contributed by atoms with Gasteiger partial charge in [0, 0.05) is 54.0 Å². The Morgan fingerprint density at radius 1 is 0.941 bits per heavy atom. The molecule has 0 radical (unpaired) electrons. The third-order valence-corrected chi connectivity index (χ3v) is 6.15. The largest absolute Gasteiger partial charge is 0.366 e. The first-order valence-electron chi connectivity index (χ1n) is 10.8. The average Bonchev–Trinajstić information content (AvgIpc) is 2.84. The number of hydrogen-bond acceptors (Lipinski definition) is 5. The Morgan fingerprint density at radius 2 is 1.62 bits per heavy atom. The van der Waals surface area contributed by atoms with E-state index in [1.54, 1.807) is 48.2 Å². The summed E-state index contributed by atoms with van der Waals surface area (Å²) in [6, 6.07) is 18.7. The van der Waals surface area contributed by atoms with Gasteiger partial charge in [0.05, 0.1) is 16.3 Å². The second-order valence-electron chi connectivity index (χ2n) is 7.96. The van der Waals surface area contributed by atoms with Crippen LogP contribution in [0, 0.1) is 17.0 Å². The number of hydrogen-bond donors (Lipinski definition) is 1. The Balaban J connectivity index is 1.47.